The standard InChI is InChI=1S/C23H25N5O6/c1-2-33-22(32)23(8-3-9-34-23)11-15-13-28(26-25-15)16-5-4-14-12-27(21(31)17(14)10-16)18-6-7-19(29)24-20(18)30/h4-5,10,13,18H,2-3,6-9,11-12H2,1H3,(H,24,29,30). The highest BCUT2D eigenvalue weighted by Gasteiger charge is 2.45. The Morgan fingerprint density at radius 1 is 1.32 bits per heavy atom. The number of nitrogens with zero attached hydrogens (tertiary/aromatic N) is 4. The average Bonchev–Trinajstić information content (AvgIpc) is 3.55. The summed E-state index contributed by atoms with van der Waals surface area (Å²) >= 11 is 0. The van der Waals surface area contributed by atoms with Gasteiger partial charge in [0.25, 0.3) is 5.91 Å². The zero-order valence-electron chi connectivity index (χ0n) is 18.8. The number of rotatable bonds is 6. The quantitative estimate of drug-likeness (QED) is 0.485. The van der Waals surface area contributed by atoms with E-state index in [4.69, 9.17) is 9.47 Å². The molecule has 178 valence electrons. The fourth-order valence-electron chi connectivity index (χ4n) is 4.82. The highest BCUT2D eigenvalue weighted by Crippen LogP contribution is 2.32. The number of piperidine rings is 1. The number of ether oxygens (including phenoxy) is 2. The highest BCUT2D eigenvalue weighted by molar-refractivity contribution is 6.05. The molecule has 3 amide bonds. The van der Waals surface area contributed by atoms with Gasteiger partial charge in [0.1, 0.15) is 6.04 Å². The molecule has 1 aromatic heterocycles. The summed E-state index contributed by atoms with van der Waals surface area (Å²) < 4.78 is 12.5. The first-order valence-electron chi connectivity index (χ1n) is 11.4. The molecular formula is C23H25N5O6. The van der Waals surface area contributed by atoms with Crippen LogP contribution < -0.4 is 5.32 Å². The molecule has 1 N–H and O–H groups in total. The summed E-state index contributed by atoms with van der Waals surface area (Å²) in [6.07, 6.45) is 3.81. The van der Waals surface area contributed by atoms with Crippen molar-refractivity contribution < 1.29 is 28.7 Å². The maximum absolute atomic E-state index is 13.1. The smallest absolute Gasteiger partial charge is 0.338 e. The Kier molecular flexibility index (Phi) is 5.64. The summed E-state index contributed by atoms with van der Waals surface area (Å²) in [5.41, 5.74) is 1.45. The van der Waals surface area contributed by atoms with Crippen LogP contribution in [0.2, 0.25) is 0 Å². The van der Waals surface area contributed by atoms with Gasteiger partial charge in [-0.05, 0) is 43.9 Å². The predicted molar refractivity (Wildman–Crippen MR) is 116 cm³/mol. The van der Waals surface area contributed by atoms with Gasteiger partial charge >= 0.3 is 5.97 Å². The number of nitrogens with one attached hydrogen (secondary N) is 1. The molecule has 0 spiro atoms. The first kappa shape index (κ1) is 22.2. The molecule has 11 nitrogen and oxygen atoms in total. The molecule has 11 heteroatoms. The molecule has 0 aliphatic carbocycles. The first-order chi connectivity index (χ1) is 16.4. The van der Waals surface area contributed by atoms with E-state index in [1.807, 2.05) is 12.1 Å². The van der Waals surface area contributed by atoms with Gasteiger partial charge in [0, 0.05) is 31.6 Å². The third-order valence-corrected chi connectivity index (χ3v) is 6.53. The second-order valence-electron chi connectivity index (χ2n) is 8.74. The summed E-state index contributed by atoms with van der Waals surface area (Å²) in [6.45, 7) is 2.83. The van der Waals surface area contributed by atoms with Gasteiger partial charge in [0.15, 0.2) is 5.60 Å². The fourth-order valence-corrected chi connectivity index (χ4v) is 4.82. The third-order valence-electron chi connectivity index (χ3n) is 6.53. The zero-order valence-corrected chi connectivity index (χ0v) is 18.8. The van der Waals surface area contributed by atoms with Gasteiger partial charge in [0.05, 0.1) is 24.2 Å². The maximum Gasteiger partial charge on any atom is 0.338 e. The van der Waals surface area contributed by atoms with Crippen molar-refractivity contribution in [2.45, 2.75) is 57.2 Å². The first-order valence-corrected chi connectivity index (χ1v) is 11.4. The lowest BCUT2D eigenvalue weighted by molar-refractivity contribution is -0.166. The van der Waals surface area contributed by atoms with Crippen LogP contribution in [0.25, 0.3) is 5.69 Å². The maximum atomic E-state index is 13.1. The highest BCUT2D eigenvalue weighted by atomic mass is 16.6. The van der Waals surface area contributed by atoms with Gasteiger partial charge in [-0.3, -0.25) is 19.7 Å². The van der Waals surface area contributed by atoms with E-state index in [9.17, 15) is 19.2 Å². The Bertz CT molecular complexity index is 1170. The van der Waals surface area contributed by atoms with Gasteiger partial charge < -0.3 is 14.4 Å². The van der Waals surface area contributed by atoms with E-state index in [0.29, 0.717) is 42.9 Å². The molecule has 2 atom stereocenters. The van der Waals surface area contributed by atoms with Crippen molar-refractivity contribution in [2.75, 3.05) is 13.2 Å². The van der Waals surface area contributed by atoms with E-state index >= 15 is 0 Å². The lowest BCUT2D eigenvalue weighted by Gasteiger charge is -2.29. The number of carbonyl (C=O) groups is 4. The van der Waals surface area contributed by atoms with Crippen LogP contribution in [0.5, 0.6) is 0 Å². The molecule has 5 rings (SSSR count). The Morgan fingerprint density at radius 3 is 2.91 bits per heavy atom. The van der Waals surface area contributed by atoms with Gasteiger partial charge in [-0.25, -0.2) is 9.48 Å². The Labute approximate surface area is 195 Å². The normalized spacial score (nSPS) is 24.3. The minimum atomic E-state index is -1.05. The lowest BCUT2D eigenvalue weighted by Crippen LogP contribution is -2.52. The molecule has 4 heterocycles. The van der Waals surface area contributed by atoms with E-state index in [0.717, 1.165) is 12.0 Å². The van der Waals surface area contributed by atoms with Crippen molar-refractivity contribution in [3.63, 3.8) is 0 Å². The topological polar surface area (TPSA) is 133 Å². The second kappa shape index (κ2) is 8.64. The van der Waals surface area contributed by atoms with Crippen molar-refractivity contribution in [1.29, 1.82) is 0 Å². The molecule has 3 aliphatic heterocycles. The van der Waals surface area contributed by atoms with Crippen molar-refractivity contribution in [3.8, 4) is 5.69 Å². The van der Waals surface area contributed by atoms with Crippen LogP contribution in [-0.2, 0) is 36.8 Å². The van der Waals surface area contributed by atoms with Crippen molar-refractivity contribution in [3.05, 3.63) is 41.2 Å². The summed E-state index contributed by atoms with van der Waals surface area (Å²) in [6, 6.07) is 4.71. The fraction of sp³-hybridized carbons (Fsp3) is 0.478. The zero-order chi connectivity index (χ0) is 23.9. The van der Waals surface area contributed by atoms with Crippen molar-refractivity contribution in [2.24, 2.45) is 0 Å². The molecule has 2 aromatic rings. The van der Waals surface area contributed by atoms with Crippen LogP contribution in [0.4, 0.5) is 0 Å². The van der Waals surface area contributed by atoms with E-state index in [1.54, 1.807) is 23.9 Å². The number of aromatic nitrogens is 3. The molecule has 0 bridgehead atoms. The minimum Gasteiger partial charge on any atom is -0.464 e. The van der Waals surface area contributed by atoms with Gasteiger partial charge in [-0.15, -0.1) is 5.10 Å². The van der Waals surface area contributed by atoms with E-state index in [-0.39, 0.29) is 31.3 Å². The number of hydrogen-bond donors (Lipinski definition) is 1. The molecule has 2 unspecified atom stereocenters. The van der Waals surface area contributed by atoms with Crippen LogP contribution in [0.15, 0.2) is 24.4 Å². The number of carbonyl (C=O) groups excluding carboxylic acids is 4. The third kappa shape index (κ3) is 3.85. The summed E-state index contributed by atoms with van der Waals surface area (Å²) in [5.74, 6) is -1.41. The molecule has 1 aromatic carbocycles. The monoisotopic (exact) mass is 467 g/mol. The summed E-state index contributed by atoms with van der Waals surface area (Å²) in [4.78, 5) is 50.8. The second-order valence-corrected chi connectivity index (χ2v) is 8.74. The molecule has 0 saturated carbocycles. The molecule has 2 fully saturated rings. The average molecular weight is 467 g/mol. The summed E-state index contributed by atoms with van der Waals surface area (Å²) in [7, 11) is 0. The minimum absolute atomic E-state index is 0.209. The van der Waals surface area contributed by atoms with E-state index in [1.165, 1.54) is 4.90 Å². The van der Waals surface area contributed by atoms with E-state index < -0.39 is 23.5 Å². The van der Waals surface area contributed by atoms with Crippen LogP contribution in [0.1, 0.15) is 54.2 Å². The largest absolute Gasteiger partial charge is 0.464 e. The number of amides is 3. The number of benzene rings is 1. The van der Waals surface area contributed by atoms with Crippen LogP contribution >= 0.6 is 0 Å². The molecule has 3 aliphatic rings. The molecule has 0 radical (unpaired) electrons. The van der Waals surface area contributed by atoms with Crippen LogP contribution in [0, 0.1) is 0 Å². The molecule has 2 saturated heterocycles. The molecular weight excluding hydrogens is 442 g/mol. The predicted octanol–water partition coefficient (Wildman–Crippen LogP) is 0.683. The number of fused-ring (bicyclic) bond motifs is 1. The van der Waals surface area contributed by atoms with Gasteiger partial charge in [-0.2, -0.15) is 0 Å². The lowest BCUT2D eigenvalue weighted by atomic mass is 9.94. The van der Waals surface area contributed by atoms with Gasteiger partial charge in [0.2, 0.25) is 11.8 Å². The number of imide groups is 1. The van der Waals surface area contributed by atoms with Crippen LogP contribution in [-0.4, -0.2) is 68.4 Å². The molecule has 34 heavy (non-hydrogen) atoms. The Hall–Kier alpha value is -3.60. The Balaban J connectivity index is 1.34. The van der Waals surface area contributed by atoms with Crippen molar-refractivity contribution >= 4 is 23.7 Å². The summed E-state index contributed by atoms with van der Waals surface area (Å²) in [5, 5.41) is 10.7. The SMILES string of the molecule is CCOC(=O)C1(Cc2cn(-c3ccc4c(c3)C(=O)N(C3CCC(=O)NC3=O)C4)nn2)CCCO1. The van der Waals surface area contributed by atoms with E-state index in [2.05, 4.69) is 15.6 Å². The number of esters is 1. The van der Waals surface area contributed by atoms with Crippen molar-refractivity contribution in [1.82, 2.24) is 25.2 Å². The number of hydrogen-bond acceptors (Lipinski definition) is 8. The Morgan fingerprint density at radius 2 is 2.18 bits per heavy atom. The van der Waals surface area contributed by atoms with Gasteiger partial charge in [-0.1, -0.05) is 11.3 Å². The van der Waals surface area contributed by atoms with Crippen LogP contribution in [0.3, 0.4) is 0 Å².